The van der Waals surface area contributed by atoms with Gasteiger partial charge in [-0.3, -0.25) is 19.3 Å². The molecule has 0 bridgehead atoms. The molecule has 1 fully saturated rings. The van der Waals surface area contributed by atoms with Gasteiger partial charge in [0.1, 0.15) is 0 Å². The van der Waals surface area contributed by atoms with E-state index in [0.29, 0.717) is 12.1 Å². The van der Waals surface area contributed by atoms with Crippen LogP contribution in [-0.4, -0.2) is 35.0 Å². The Hall–Kier alpha value is -3.07. The number of halogens is 3. The number of thioether (sulfide) groups is 1. The monoisotopic (exact) mass is 420 g/mol. The molecule has 1 N–H and O–H groups in total. The zero-order valence-electron chi connectivity index (χ0n) is 15.2. The summed E-state index contributed by atoms with van der Waals surface area (Å²) in [6, 6.07) is 8.55. The number of amides is 3. The summed E-state index contributed by atoms with van der Waals surface area (Å²) >= 11 is 0.787. The first kappa shape index (κ1) is 20.7. The normalized spacial score (nSPS) is 15.3. The minimum Gasteiger partial charge on any atom is -0.350 e. The highest BCUT2D eigenvalue weighted by Gasteiger charge is 2.34. The topological polar surface area (TPSA) is 66.5 Å². The van der Waals surface area contributed by atoms with Gasteiger partial charge in [0.2, 0.25) is 0 Å². The highest BCUT2D eigenvalue weighted by atomic mass is 32.2. The Morgan fingerprint density at radius 3 is 2.34 bits per heavy atom. The van der Waals surface area contributed by atoms with Gasteiger partial charge < -0.3 is 5.32 Å². The third kappa shape index (κ3) is 4.68. The first-order valence-electron chi connectivity index (χ1n) is 8.51. The summed E-state index contributed by atoms with van der Waals surface area (Å²) in [6.07, 6.45) is 1.60. The van der Waals surface area contributed by atoms with Crippen LogP contribution in [0.5, 0.6) is 0 Å². The maximum absolute atomic E-state index is 13.2. The molecule has 0 atom stereocenters. The van der Waals surface area contributed by atoms with Crippen molar-refractivity contribution in [3.05, 3.63) is 75.4 Å². The number of imide groups is 1. The van der Waals surface area contributed by atoms with Crippen LogP contribution in [-0.2, 0) is 4.79 Å². The largest absolute Gasteiger partial charge is 0.350 e. The zero-order chi connectivity index (χ0) is 21.1. The number of carbonyl (C=O) groups is 3. The Labute approximate surface area is 168 Å². The maximum atomic E-state index is 13.2. The third-order valence-electron chi connectivity index (χ3n) is 4.12. The molecule has 5 nitrogen and oxygen atoms in total. The lowest BCUT2D eigenvalue weighted by atomic mass is 10.1. The van der Waals surface area contributed by atoms with E-state index in [0.717, 1.165) is 27.8 Å². The first-order valence-corrected chi connectivity index (χ1v) is 9.32. The second-order valence-corrected chi connectivity index (χ2v) is 7.25. The van der Waals surface area contributed by atoms with Crippen LogP contribution >= 0.6 is 11.8 Å². The van der Waals surface area contributed by atoms with Crippen LogP contribution in [0.2, 0.25) is 0 Å². The molecular formula is C20H15F3N2O3S. The molecule has 0 aliphatic carbocycles. The van der Waals surface area contributed by atoms with Gasteiger partial charge in [0.15, 0.2) is 17.5 Å². The molecule has 3 rings (SSSR count). The van der Waals surface area contributed by atoms with Gasteiger partial charge in [-0.05, 0) is 42.5 Å². The molecule has 29 heavy (non-hydrogen) atoms. The second kappa shape index (κ2) is 8.52. The molecule has 150 valence electrons. The van der Waals surface area contributed by atoms with Gasteiger partial charge in [-0.25, -0.2) is 13.2 Å². The van der Waals surface area contributed by atoms with Crippen molar-refractivity contribution >= 4 is 34.9 Å². The standard InChI is InChI=1S/C20H15F3N2O3S/c1-11-2-4-12(5-3-11)8-16-19(27)25(20(28)29-16)7-6-24-18(26)13-9-14(21)17(23)15(22)10-13/h2-5,8-10H,6-7H2,1H3,(H,24,26)/b16-8-. The fourth-order valence-corrected chi connectivity index (χ4v) is 3.44. The van der Waals surface area contributed by atoms with Crippen LogP contribution in [0.1, 0.15) is 21.5 Å². The van der Waals surface area contributed by atoms with E-state index in [9.17, 15) is 27.6 Å². The maximum Gasteiger partial charge on any atom is 0.293 e. The Balaban J connectivity index is 1.61. The van der Waals surface area contributed by atoms with Crippen molar-refractivity contribution in [3.8, 4) is 0 Å². The fourth-order valence-electron chi connectivity index (χ4n) is 2.58. The number of nitrogens with one attached hydrogen (secondary N) is 1. The van der Waals surface area contributed by atoms with E-state index in [1.807, 2.05) is 31.2 Å². The number of carbonyl (C=O) groups excluding carboxylic acids is 3. The average Bonchev–Trinajstić information content (AvgIpc) is 2.94. The number of hydrogen-bond acceptors (Lipinski definition) is 4. The Bertz CT molecular complexity index is 999. The van der Waals surface area contributed by atoms with E-state index in [4.69, 9.17) is 0 Å². The van der Waals surface area contributed by atoms with Gasteiger partial charge in [-0.2, -0.15) is 0 Å². The van der Waals surface area contributed by atoms with E-state index in [1.54, 1.807) is 6.08 Å². The van der Waals surface area contributed by atoms with Crippen LogP contribution in [0.15, 0.2) is 41.3 Å². The van der Waals surface area contributed by atoms with Crippen molar-refractivity contribution in [2.24, 2.45) is 0 Å². The van der Waals surface area contributed by atoms with Crippen molar-refractivity contribution < 1.29 is 27.6 Å². The van der Waals surface area contributed by atoms with Gasteiger partial charge in [-0.1, -0.05) is 29.8 Å². The van der Waals surface area contributed by atoms with E-state index in [1.165, 1.54) is 0 Å². The van der Waals surface area contributed by atoms with Gasteiger partial charge in [-0.15, -0.1) is 0 Å². The summed E-state index contributed by atoms with van der Waals surface area (Å²) < 4.78 is 39.4. The highest BCUT2D eigenvalue weighted by molar-refractivity contribution is 8.18. The molecule has 2 aromatic carbocycles. The predicted octanol–water partition coefficient (Wildman–Crippen LogP) is 3.88. The Morgan fingerprint density at radius 2 is 1.72 bits per heavy atom. The molecule has 1 aliphatic heterocycles. The van der Waals surface area contributed by atoms with E-state index < -0.39 is 40.1 Å². The fraction of sp³-hybridized carbons (Fsp3) is 0.150. The molecule has 1 saturated heterocycles. The molecule has 1 heterocycles. The van der Waals surface area contributed by atoms with Crippen molar-refractivity contribution in [1.82, 2.24) is 10.2 Å². The average molecular weight is 420 g/mol. The van der Waals surface area contributed by atoms with Crippen molar-refractivity contribution in [2.75, 3.05) is 13.1 Å². The summed E-state index contributed by atoms with van der Waals surface area (Å²) in [5.41, 5.74) is 1.43. The van der Waals surface area contributed by atoms with Crippen LogP contribution in [0.3, 0.4) is 0 Å². The minimum absolute atomic E-state index is 0.117. The molecule has 3 amide bonds. The smallest absolute Gasteiger partial charge is 0.293 e. The molecule has 9 heteroatoms. The summed E-state index contributed by atoms with van der Waals surface area (Å²) in [5, 5.41) is 1.86. The van der Waals surface area contributed by atoms with Crippen LogP contribution in [0, 0.1) is 24.4 Å². The first-order chi connectivity index (χ1) is 13.8. The number of aryl methyl sites for hydroxylation is 1. The Morgan fingerprint density at radius 1 is 1.10 bits per heavy atom. The van der Waals surface area contributed by atoms with Gasteiger partial charge in [0, 0.05) is 18.7 Å². The van der Waals surface area contributed by atoms with Crippen molar-refractivity contribution in [2.45, 2.75) is 6.92 Å². The molecule has 0 saturated carbocycles. The minimum atomic E-state index is -1.67. The lowest BCUT2D eigenvalue weighted by Gasteiger charge is -2.13. The summed E-state index contributed by atoms with van der Waals surface area (Å²) in [5.74, 6) is -5.98. The molecule has 2 aromatic rings. The molecular weight excluding hydrogens is 405 g/mol. The number of nitrogens with zero attached hydrogens (tertiary/aromatic N) is 1. The lowest BCUT2D eigenvalue weighted by molar-refractivity contribution is -0.122. The van der Waals surface area contributed by atoms with Gasteiger partial charge in [0.25, 0.3) is 17.1 Å². The number of hydrogen-bond donors (Lipinski definition) is 1. The van der Waals surface area contributed by atoms with E-state index in [2.05, 4.69) is 5.32 Å². The van der Waals surface area contributed by atoms with Crippen molar-refractivity contribution in [1.29, 1.82) is 0 Å². The molecule has 0 unspecified atom stereocenters. The van der Waals surface area contributed by atoms with Gasteiger partial charge in [0.05, 0.1) is 4.91 Å². The number of benzene rings is 2. The summed E-state index contributed by atoms with van der Waals surface area (Å²) in [4.78, 5) is 37.7. The molecule has 1 aliphatic rings. The molecule has 0 aromatic heterocycles. The van der Waals surface area contributed by atoms with E-state index in [-0.39, 0.29) is 18.0 Å². The predicted molar refractivity (Wildman–Crippen MR) is 103 cm³/mol. The highest BCUT2D eigenvalue weighted by Crippen LogP contribution is 2.31. The molecule has 0 radical (unpaired) electrons. The van der Waals surface area contributed by atoms with Crippen LogP contribution in [0.25, 0.3) is 6.08 Å². The van der Waals surface area contributed by atoms with Crippen LogP contribution in [0.4, 0.5) is 18.0 Å². The Kier molecular flexibility index (Phi) is 6.07. The lowest BCUT2D eigenvalue weighted by Crippen LogP contribution is -2.37. The van der Waals surface area contributed by atoms with Crippen molar-refractivity contribution in [3.63, 3.8) is 0 Å². The quantitative estimate of drug-likeness (QED) is 0.589. The zero-order valence-corrected chi connectivity index (χ0v) is 16.0. The SMILES string of the molecule is Cc1ccc(/C=C2\SC(=O)N(CCNC(=O)c3cc(F)c(F)c(F)c3)C2=O)cc1. The number of rotatable bonds is 5. The third-order valence-corrected chi connectivity index (χ3v) is 5.02. The second-order valence-electron chi connectivity index (χ2n) is 6.25. The van der Waals surface area contributed by atoms with Crippen LogP contribution < -0.4 is 5.32 Å². The van der Waals surface area contributed by atoms with Gasteiger partial charge >= 0.3 is 0 Å². The summed E-state index contributed by atoms with van der Waals surface area (Å²) in [7, 11) is 0. The molecule has 0 spiro atoms. The van der Waals surface area contributed by atoms with E-state index >= 15 is 0 Å². The summed E-state index contributed by atoms with van der Waals surface area (Å²) in [6.45, 7) is 1.68.